The third-order valence-electron chi connectivity index (χ3n) is 8.15. The van der Waals surface area contributed by atoms with Crippen LogP contribution in [0.5, 0.6) is 11.5 Å². The molecule has 6 rings (SSSR count). The molecule has 0 bridgehead atoms. The molecule has 5 aromatic rings. The molecule has 0 fully saturated rings. The molecule has 51 heavy (non-hydrogen) atoms. The average molecular weight is 712 g/mol. The number of carbonyl (C=O) groups is 2. The molecule has 0 unspecified atom stereocenters. The molecule has 3 aromatic heterocycles. The third kappa shape index (κ3) is 8.05. The molecule has 266 valence electrons. The first kappa shape index (κ1) is 35.6. The lowest BCUT2D eigenvalue weighted by atomic mass is 10.00. The van der Waals surface area contributed by atoms with Crippen molar-refractivity contribution < 1.29 is 32.2 Å². The zero-order valence-electron chi connectivity index (χ0n) is 29.5. The second-order valence-electron chi connectivity index (χ2n) is 13.7. The molecule has 1 aliphatic rings. The van der Waals surface area contributed by atoms with Gasteiger partial charge >= 0.3 is 6.09 Å². The molecule has 2 amide bonds. The van der Waals surface area contributed by atoms with Crippen LogP contribution in [0.4, 0.5) is 10.6 Å². The largest absolute Gasteiger partial charge is 0.457 e. The lowest BCUT2D eigenvalue weighted by molar-refractivity contribution is -0.122. The number of amides is 2. The first-order valence-electron chi connectivity index (χ1n) is 16.7. The SMILES string of the molecule is Cc1ccc(S(=O)(=O)n2cc(-c3ccnc(NC(=O)COC(C)C)c3)c3c(Oc4ccc5c(c4)CN(C(=O)OC(C)(C)C)CC5)ccnc32)cc1. The predicted molar refractivity (Wildman–Crippen MR) is 193 cm³/mol. The minimum absolute atomic E-state index is 0.0988. The van der Waals surface area contributed by atoms with E-state index in [1.165, 1.54) is 18.6 Å². The fraction of sp³-hybridized carbons (Fsp3) is 0.316. The van der Waals surface area contributed by atoms with Gasteiger partial charge in [-0.1, -0.05) is 23.8 Å². The van der Waals surface area contributed by atoms with Crippen LogP contribution in [-0.4, -0.2) is 64.1 Å². The van der Waals surface area contributed by atoms with Crippen molar-refractivity contribution in [2.24, 2.45) is 0 Å². The Kier molecular flexibility index (Phi) is 9.87. The standard InChI is InChI=1S/C38H41N5O7S/c1-24(2)48-23-34(44)41-33-20-27(13-16-39-33)31-22-43(51(46,47)30-11-7-25(3)8-12-30)36-35(31)32(14-17-40-36)49-29-10-9-26-15-18-42(21-28(26)19-29)37(45)50-38(4,5)6/h7-14,16-17,19-20,22,24H,15,18,21,23H2,1-6H3,(H,39,41,44). The van der Waals surface area contributed by atoms with Gasteiger partial charge in [0.15, 0.2) is 5.65 Å². The fourth-order valence-corrected chi connectivity index (χ4v) is 7.02. The molecule has 4 heterocycles. The topological polar surface area (TPSA) is 142 Å². The van der Waals surface area contributed by atoms with Gasteiger partial charge < -0.3 is 24.4 Å². The highest BCUT2D eigenvalue weighted by Gasteiger charge is 2.28. The molecule has 2 aromatic carbocycles. The summed E-state index contributed by atoms with van der Waals surface area (Å²) in [7, 11) is -4.10. The number of aryl methyl sites for hydroxylation is 1. The Morgan fingerprint density at radius 2 is 1.71 bits per heavy atom. The number of nitrogens with zero attached hydrogens (tertiary/aromatic N) is 4. The highest BCUT2D eigenvalue weighted by Crippen LogP contribution is 2.40. The van der Waals surface area contributed by atoms with Crippen LogP contribution in [0.3, 0.4) is 0 Å². The van der Waals surface area contributed by atoms with Crippen molar-refractivity contribution in [3.63, 3.8) is 0 Å². The number of ether oxygens (including phenoxy) is 3. The highest BCUT2D eigenvalue weighted by molar-refractivity contribution is 7.90. The Bertz CT molecular complexity index is 2210. The maximum atomic E-state index is 14.1. The number of aromatic nitrogens is 3. The van der Waals surface area contributed by atoms with Gasteiger partial charge in [-0.05, 0) is 107 Å². The molecule has 0 atom stereocenters. The molecular weight excluding hydrogens is 671 g/mol. The van der Waals surface area contributed by atoms with E-state index in [0.717, 1.165) is 20.7 Å². The highest BCUT2D eigenvalue weighted by atomic mass is 32.2. The van der Waals surface area contributed by atoms with Crippen LogP contribution in [-0.2, 0) is 37.3 Å². The maximum Gasteiger partial charge on any atom is 0.410 e. The number of carbonyl (C=O) groups excluding carboxylic acids is 2. The second-order valence-corrected chi connectivity index (χ2v) is 15.5. The van der Waals surface area contributed by atoms with Crippen LogP contribution in [0.2, 0.25) is 0 Å². The number of nitrogens with one attached hydrogen (secondary N) is 1. The zero-order valence-corrected chi connectivity index (χ0v) is 30.3. The number of fused-ring (bicyclic) bond motifs is 2. The van der Waals surface area contributed by atoms with Gasteiger partial charge in [0.25, 0.3) is 15.9 Å². The number of benzene rings is 2. The van der Waals surface area contributed by atoms with E-state index >= 15 is 0 Å². The third-order valence-corrected chi connectivity index (χ3v) is 9.81. The van der Waals surface area contributed by atoms with Crippen molar-refractivity contribution in [1.29, 1.82) is 0 Å². The molecule has 1 N–H and O–H groups in total. The van der Waals surface area contributed by atoms with E-state index in [-0.39, 0.29) is 41.1 Å². The maximum absolute atomic E-state index is 14.1. The van der Waals surface area contributed by atoms with E-state index in [1.807, 2.05) is 59.7 Å². The van der Waals surface area contributed by atoms with Crippen LogP contribution in [0.1, 0.15) is 51.3 Å². The average Bonchev–Trinajstić information content (AvgIpc) is 3.48. The molecule has 0 aliphatic carbocycles. The van der Waals surface area contributed by atoms with E-state index < -0.39 is 15.6 Å². The van der Waals surface area contributed by atoms with Gasteiger partial charge in [-0.3, -0.25) is 4.79 Å². The van der Waals surface area contributed by atoms with Crippen LogP contribution >= 0.6 is 0 Å². The van der Waals surface area contributed by atoms with Gasteiger partial charge in [0, 0.05) is 37.2 Å². The Balaban J connectivity index is 1.41. The molecule has 12 nitrogen and oxygen atoms in total. The van der Waals surface area contributed by atoms with E-state index in [4.69, 9.17) is 14.2 Å². The molecule has 0 spiro atoms. The molecule has 0 saturated heterocycles. The van der Waals surface area contributed by atoms with Gasteiger partial charge in [-0.15, -0.1) is 0 Å². The minimum atomic E-state index is -4.10. The van der Waals surface area contributed by atoms with Crippen LogP contribution in [0.15, 0.2) is 84.1 Å². The Morgan fingerprint density at radius 3 is 2.43 bits per heavy atom. The number of rotatable bonds is 9. The van der Waals surface area contributed by atoms with Crippen molar-refractivity contribution in [2.75, 3.05) is 18.5 Å². The van der Waals surface area contributed by atoms with Gasteiger partial charge in [0.2, 0.25) is 0 Å². The molecule has 13 heteroatoms. The summed E-state index contributed by atoms with van der Waals surface area (Å²) in [6.45, 7) is 11.8. The summed E-state index contributed by atoms with van der Waals surface area (Å²) in [6.07, 6.45) is 4.70. The number of anilines is 1. The Morgan fingerprint density at radius 1 is 0.961 bits per heavy atom. The van der Waals surface area contributed by atoms with Crippen molar-refractivity contribution in [3.05, 3.63) is 95.9 Å². The van der Waals surface area contributed by atoms with E-state index in [2.05, 4.69) is 15.3 Å². The Hall–Kier alpha value is -5.27. The smallest absolute Gasteiger partial charge is 0.410 e. The van der Waals surface area contributed by atoms with E-state index in [0.29, 0.717) is 47.5 Å². The van der Waals surface area contributed by atoms with Gasteiger partial charge in [-0.25, -0.2) is 27.2 Å². The lowest BCUT2D eigenvalue weighted by Gasteiger charge is -2.31. The fourth-order valence-electron chi connectivity index (χ4n) is 5.70. The minimum Gasteiger partial charge on any atom is -0.457 e. The van der Waals surface area contributed by atoms with Gasteiger partial charge in [0.05, 0.1) is 16.4 Å². The zero-order chi connectivity index (χ0) is 36.5. The van der Waals surface area contributed by atoms with Crippen molar-refractivity contribution in [2.45, 2.75) is 71.1 Å². The van der Waals surface area contributed by atoms with Crippen molar-refractivity contribution >= 4 is 38.9 Å². The Labute approximate surface area is 297 Å². The number of hydrogen-bond acceptors (Lipinski definition) is 9. The van der Waals surface area contributed by atoms with Crippen LogP contribution in [0, 0.1) is 6.92 Å². The summed E-state index contributed by atoms with van der Waals surface area (Å²) < 4.78 is 46.9. The number of pyridine rings is 2. The van der Waals surface area contributed by atoms with E-state index in [1.54, 1.807) is 47.4 Å². The predicted octanol–water partition coefficient (Wildman–Crippen LogP) is 7.09. The van der Waals surface area contributed by atoms with Gasteiger partial charge in [0.1, 0.15) is 29.5 Å². The van der Waals surface area contributed by atoms with Crippen LogP contribution < -0.4 is 10.1 Å². The second kappa shape index (κ2) is 14.2. The summed E-state index contributed by atoms with van der Waals surface area (Å²) in [5, 5.41) is 3.18. The monoisotopic (exact) mass is 711 g/mol. The normalized spacial score (nSPS) is 13.3. The summed E-state index contributed by atoms with van der Waals surface area (Å²) in [4.78, 5) is 36.0. The first-order chi connectivity index (χ1) is 24.2. The van der Waals surface area contributed by atoms with E-state index in [9.17, 15) is 18.0 Å². The molecular formula is C38H41N5O7S. The summed E-state index contributed by atoms with van der Waals surface area (Å²) >= 11 is 0. The lowest BCUT2D eigenvalue weighted by Crippen LogP contribution is -2.39. The van der Waals surface area contributed by atoms with Crippen LogP contribution in [0.25, 0.3) is 22.2 Å². The first-order valence-corrected chi connectivity index (χ1v) is 18.1. The van der Waals surface area contributed by atoms with Crippen molar-refractivity contribution in [3.8, 4) is 22.6 Å². The summed E-state index contributed by atoms with van der Waals surface area (Å²) in [5.41, 5.74) is 3.56. The quantitative estimate of drug-likeness (QED) is 0.170. The molecule has 0 saturated carbocycles. The molecule has 0 radical (unpaired) electrons. The van der Waals surface area contributed by atoms with Gasteiger partial charge in [-0.2, -0.15) is 0 Å². The number of hydrogen-bond donors (Lipinski definition) is 1. The summed E-state index contributed by atoms with van der Waals surface area (Å²) in [6, 6.07) is 17.4. The van der Waals surface area contributed by atoms with Crippen molar-refractivity contribution in [1.82, 2.24) is 18.8 Å². The summed E-state index contributed by atoms with van der Waals surface area (Å²) in [5.74, 6) is 0.754. The molecule has 1 aliphatic heterocycles.